The zero-order chi connectivity index (χ0) is 26.8. The lowest BCUT2D eigenvalue weighted by Gasteiger charge is -2.19. The number of rotatable bonds is 7. The number of amides is 2. The number of halogens is 4. The van der Waals surface area contributed by atoms with E-state index in [-0.39, 0.29) is 30.8 Å². The van der Waals surface area contributed by atoms with Crippen molar-refractivity contribution in [3.05, 3.63) is 99.9 Å². The summed E-state index contributed by atoms with van der Waals surface area (Å²) in [6.45, 7) is 5.43. The minimum absolute atomic E-state index is 0. The van der Waals surface area contributed by atoms with E-state index in [0.29, 0.717) is 5.69 Å². The summed E-state index contributed by atoms with van der Waals surface area (Å²) in [6, 6.07) is 14.1. The van der Waals surface area contributed by atoms with Crippen LogP contribution in [0.2, 0.25) is 10.0 Å². The zero-order valence-electron chi connectivity index (χ0n) is 19.8. The number of hydrogen-bond acceptors (Lipinski definition) is 5. The molecule has 11 heteroatoms. The van der Waals surface area contributed by atoms with E-state index in [2.05, 4.69) is 17.2 Å². The zero-order valence-corrected chi connectivity index (χ0v) is 22.1. The number of phenolic OH excluding ortho intramolecular Hbond substituents is 2. The summed E-state index contributed by atoms with van der Waals surface area (Å²) < 4.78 is 13.1. The Morgan fingerprint density at radius 3 is 2.19 bits per heavy atom. The average molecular weight is 573 g/mol. The fourth-order valence-electron chi connectivity index (χ4n) is 2.83. The average Bonchev–Trinajstić information content (AvgIpc) is 2.86. The first kappa shape index (κ1) is 31.6. The van der Waals surface area contributed by atoms with Crippen LogP contribution in [0.1, 0.15) is 30.7 Å². The van der Waals surface area contributed by atoms with E-state index in [4.69, 9.17) is 28.9 Å². The third kappa shape index (κ3) is 9.49. The molecule has 3 rings (SSSR count). The van der Waals surface area contributed by atoms with Crippen molar-refractivity contribution in [3.63, 3.8) is 0 Å². The Balaban J connectivity index is 0.00000179. The molecule has 0 unspecified atom stereocenters. The molecule has 0 saturated heterocycles. The second kappa shape index (κ2) is 14.9. The van der Waals surface area contributed by atoms with E-state index < -0.39 is 40.2 Å². The molecule has 0 heterocycles. The van der Waals surface area contributed by atoms with Gasteiger partial charge in [0.25, 0.3) is 5.91 Å². The second-order valence-electron chi connectivity index (χ2n) is 7.64. The summed E-state index contributed by atoms with van der Waals surface area (Å²) >= 11 is 11.7. The Hall–Kier alpha value is -3.46. The van der Waals surface area contributed by atoms with Gasteiger partial charge in [-0.3, -0.25) is 9.59 Å². The number of aromatic hydroxyl groups is 2. The normalized spacial score (nSPS) is 10.7. The molecule has 0 aliphatic carbocycles. The molecule has 0 spiro atoms. The highest BCUT2D eigenvalue weighted by molar-refractivity contribution is 6.38. The standard InChI is InChI=1S/C22H17Cl2FN2O4.C4H9N.ClH.H2/c23-16-11-15(19(28)18(24)20(16)29)21(30)27-17(10-12-4-2-1-3-5-12)22(31)26-14-8-6-13(25)7-9-14;1-3-4(2)5;;/h1-9,11,17,28-29H,10H2,(H,26,31)(H,27,30);2-3,5H2,1H3;2*1H/t17-;;;/m0.../s1. The molecule has 0 saturated carbocycles. The monoisotopic (exact) mass is 571 g/mol. The van der Waals surface area contributed by atoms with Gasteiger partial charge < -0.3 is 26.6 Å². The highest BCUT2D eigenvalue weighted by atomic mass is 35.5. The van der Waals surface area contributed by atoms with Crippen LogP contribution in [0.5, 0.6) is 11.5 Å². The van der Waals surface area contributed by atoms with Crippen LogP contribution >= 0.6 is 35.6 Å². The van der Waals surface area contributed by atoms with Crippen molar-refractivity contribution in [2.24, 2.45) is 5.73 Å². The third-order valence-electron chi connectivity index (χ3n) is 4.88. The number of phenols is 2. The van der Waals surface area contributed by atoms with Gasteiger partial charge in [-0.15, -0.1) is 12.4 Å². The lowest BCUT2D eigenvalue weighted by atomic mass is 10.0. The lowest BCUT2D eigenvalue weighted by molar-refractivity contribution is -0.118. The summed E-state index contributed by atoms with van der Waals surface area (Å²) in [5, 5.41) is 24.3. The summed E-state index contributed by atoms with van der Waals surface area (Å²) in [4.78, 5) is 25.7. The highest BCUT2D eigenvalue weighted by Gasteiger charge is 2.26. The van der Waals surface area contributed by atoms with Gasteiger partial charge in [0.15, 0.2) is 11.5 Å². The van der Waals surface area contributed by atoms with Gasteiger partial charge in [0, 0.05) is 19.2 Å². The molecule has 0 aliphatic heterocycles. The summed E-state index contributed by atoms with van der Waals surface area (Å²) in [7, 11) is 0. The number of allylic oxidation sites excluding steroid dienone is 1. The van der Waals surface area contributed by atoms with Gasteiger partial charge in [-0.05, 0) is 42.3 Å². The molecule has 3 aromatic rings. The van der Waals surface area contributed by atoms with Crippen molar-refractivity contribution in [2.45, 2.75) is 25.8 Å². The van der Waals surface area contributed by atoms with E-state index in [1.54, 1.807) is 24.3 Å². The maximum Gasteiger partial charge on any atom is 0.255 e. The highest BCUT2D eigenvalue weighted by Crippen LogP contribution is 2.40. The van der Waals surface area contributed by atoms with Gasteiger partial charge in [0.05, 0.1) is 10.6 Å². The predicted octanol–water partition coefficient (Wildman–Crippen LogP) is 6.06. The minimum Gasteiger partial charge on any atom is -0.505 e. The van der Waals surface area contributed by atoms with Gasteiger partial charge in [0.1, 0.15) is 16.9 Å². The van der Waals surface area contributed by atoms with E-state index in [1.807, 2.05) is 13.0 Å². The lowest BCUT2D eigenvalue weighted by Crippen LogP contribution is -2.45. The number of carbonyl (C=O) groups excluding carboxylic acids is 2. The molecule has 6 N–H and O–H groups in total. The first-order chi connectivity index (χ1) is 17.0. The molecule has 1 atom stereocenters. The molecule has 0 fully saturated rings. The van der Waals surface area contributed by atoms with Crippen LogP contribution in [0, 0.1) is 5.82 Å². The molecule has 0 radical (unpaired) electrons. The van der Waals surface area contributed by atoms with Crippen LogP contribution in [-0.2, 0) is 11.2 Å². The van der Waals surface area contributed by atoms with Gasteiger partial charge in [-0.25, -0.2) is 4.39 Å². The number of anilines is 1. The number of hydrogen-bond donors (Lipinski definition) is 5. The molecule has 7 nitrogen and oxygen atoms in total. The molecule has 0 aliphatic rings. The molecule has 2 amide bonds. The number of carbonyl (C=O) groups is 2. The summed E-state index contributed by atoms with van der Waals surface area (Å²) in [5.74, 6) is -3.06. The Kier molecular flexibility index (Phi) is 12.8. The van der Waals surface area contributed by atoms with Gasteiger partial charge in [-0.1, -0.05) is 67.0 Å². The van der Waals surface area contributed by atoms with Crippen LogP contribution in [0.3, 0.4) is 0 Å². The maximum absolute atomic E-state index is 13.1. The van der Waals surface area contributed by atoms with Crippen LogP contribution in [0.4, 0.5) is 10.1 Å². The van der Waals surface area contributed by atoms with Gasteiger partial charge in [0.2, 0.25) is 5.91 Å². The van der Waals surface area contributed by atoms with Crippen LogP contribution in [0.25, 0.3) is 0 Å². The van der Waals surface area contributed by atoms with E-state index in [9.17, 15) is 24.2 Å². The van der Waals surface area contributed by atoms with Crippen molar-refractivity contribution in [1.29, 1.82) is 0 Å². The number of benzene rings is 3. The smallest absolute Gasteiger partial charge is 0.255 e. The summed E-state index contributed by atoms with van der Waals surface area (Å²) in [6.07, 6.45) is 1.03. The van der Waals surface area contributed by atoms with E-state index >= 15 is 0 Å². The number of nitrogens with two attached hydrogens (primary N) is 1. The molecule has 3 aromatic carbocycles. The fourth-order valence-corrected chi connectivity index (χ4v) is 3.28. The molecular formula is C26H29Cl3FN3O4. The molecule has 37 heavy (non-hydrogen) atoms. The first-order valence-electron chi connectivity index (χ1n) is 10.8. The maximum atomic E-state index is 13.1. The third-order valence-corrected chi connectivity index (χ3v) is 5.53. The molecule has 0 bridgehead atoms. The predicted molar refractivity (Wildman–Crippen MR) is 149 cm³/mol. The second-order valence-corrected chi connectivity index (χ2v) is 8.43. The Bertz CT molecular complexity index is 1230. The first-order valence-corrected chi connectivity index (χ1v) is 11.5. The SMILES string of the molecule is C=C(N)CC.Cl.O=C(N[C@@H](Cc1ccccc1)C(=O)Nc1ccc(F)cc1)c1cc(Cl)c(O)c(Cl)c1O.[HH]. The molecule has 0 aromatic heterocycles. The van der Waals surface area contributed by atoms with Crippen molar-refractivity contribution in [2.75, 3.05) is 5.32 Å². The van der Waals surface area contributed by atoms with Crippen LogP contribution < -0.4 is 16.4 Å². The quantitative estimate of drug-likeness (QED) is 0.235. The van der Waals surface area contributed by atoms with E-state index in [0.717, 1.165) is 23.7 Å². The number of nitrogens with one attached hydrogen (secondary N) is 2. The van der Waals surface area contributed by atoms with Crippen molar-refractivity contribution < 1.29 is 25.6 Å². The molecular weight excluding hydrogens is 544 g/mol. The van der Waals surface area contributed by atoms with Crippen molar-refractivity contribution in [1.82, 2.24) is 5.32 Å². The van der Waals surface area contributed by atoms with Crippen molar-refractivity contribution >= 4 is 53.1 Å². The summed E-state index contributed by atoms with van der Waals surface area (Å²) in [5.41, 5.74) is 6.66. The Labute approximate surface area is 232 Å². The molecule has 200 valence electrons. The van der Waals surface area contributed by atoms with Gasteiger partial charge in [-0.2, -0.15) is 0 Å². The van der Waals surface area contributed by atoms with E-state index in [1.165, 1.54) is 24.3 Å². The Morgan fingerprint density at radius 2 is 1.65 bits per heavy atom. The minimum atomic E-state index is -1.05. The Morgan fingerprint density at radius 1 is 1.08 bits per heavy atom. The van der Waals surface area contributed by atoms with Gasteiger partial charge >= 0.3 is 0 Å². The topological polar surface area (TPSA) is 125 Å². The fraction of sp³-hybridized carbons (Fsp3) is 0.154. The largest absolute Gasteiger partial charge is 0.505 e. The van der Waals surface area contributed by atoms with Crippen LogP contribution in [-0.4, -0.2) is 28.1 Å². The van der Waals surface area contributed by atoms with Crippen LogP contribution in [0.15, 0.2) is 72.9 Å². The van der Waals surface area contributed by atoms with Crippen molar-refractivity contribution in [3.8, 4) is 11.5 Å².